The van der Waals surface area contributed by atoms with Crippen molar-refractivity contribution < 1.29 is 9.59 Å². The molecule has 0 unspecified atom stereocenters. The molecule has 23 heavy (non-hydrogen) atoms. The minimum atomic E-state index is -0.282. The highest BCUT2D eigenvalue weighted by Gasteiger charge is 2.29. The van der Waals surface area contributed by atoms with E-state index in [1.807, 2.05) is 6.92 Å². The fraction of sp³-hybridized carbons (Fsp3) is 0.438. The van der Waals surface area contributed by atoms with Gasteiger partial charge in [-0.25, -0.2) is 4.98 Å². The van der Waals surface area contributed by atoms with Crippen LogP contribution in [0.2, 0.25) is 5.02 Å². The molecule has 1 aliphatic heterocycles. The lowest BCUT2D eigenvalue weighted by molar-refractivity contribution is -0.123. The first-order valence-electron chi connectivity index (χ1n) is 7.76. The Morgan fingerprint density at radius 1 is 1.39 bits per heavy atom. The number of likely N-dealkylation sites (tertiary alicyclic amines) is 1. The number of nitrogens with zero attached hydrogens (tertiary/aromatic N) is 3. The summed E-state index contributed by atoms with van der Waals surface area (Å²) < 4.78 is 1.78. The second kappa shape index (κ2) is 6.20. The summed E-state index contributed by atoms with van der Waals surface area (Å²) in [6.45, 7) is 3.05. The number of nitrogens with two attached hydrogens (primary N) is 1. The Bertz CT molecular complexity index is 763. The van der Waals surface area contributed by atoms with Crippen LogP contribution in [-0.2, 0) is 11.2 Å². The summed E-state index contributed by atoms with van der Waals surface area (Å²) >= 11 is 6.00. The number of imidazole rings is 1. The lowest BCUT2D eigenvalue weighted by Gasteiger charge is -2.30. The molecule has 3 rings (SSSR count). The van der Waals surface area contributed by atoms with Gasteiger partial charge in [-0.05, 0) is 25.3 Å². The van der Waals surface area contributed by atoms with Crippen molar-refractivity contribution in [2.45, 2.75) is 26.2 Å². The molecule has 2 aromatic rings. The van der Waals surface area contributed by atoms with Gasteiger partial charge in [0, 0.05) is 36.3 Å². The van der Waals surface area contributed by atoms with Gasteiger partial charge in [0.15, 0.2) is 0 Å². The number of aryl methyl sites for hydroxylation is 1. The van der Waals surface area contributed by atoms with Crippen molar-refractivity contribution in [1.82, 2.24) is 14.3 Å². The normalized spacial score (nSPS) is 16.0. The third-order valence-electron chi connectivity index (χ3n) is 4.38. The van der Waals surface area contributed by atoms with Crippen molar-refractivity contribution in [3.05, 3.63) is 34.7 Å². The number of halogens is 1. The molecule has 0 bridgehead atoms. The highest BCUT2D eigenvalue weighted by atomic mass is 35.5. The van der Waals surface area contributed by atoms with Gasteiger partial charge in [0.2, 0.25) is 5.91 Å². The maximum atomic E-state index is 12.9. The summed E-state index contributed by atoms with van der Waals surface area (Å²) in [5.74, 6) is -0.471. The molecule has 0 spiro atoms. The molecule has 122 valence electrons. The van der Waals surface area contributed by atoms with Crippen LogP contribution < -0.4 is 5.73 Å². The molecule has 0 aliphatic carbocycles. The predicted molar refractivity (Wildman–Crippen MR) is 87.4 cm³/mol. The standard InChI is InChI=1S/C16H19ClN4O2/c1-2-12-14(21-8-5-11(17)9-13(21)19-12)16(23)20-6-3-10(4-7-20)15(18)22/h5,8-10H,2-4,6-7H2,1H3,(H2,18,22). The zero-order valence-electron chi connectivity index (χ0n) is 13.0. The van der Waals surface area contributed by atoms with Crippen molar-refractivity contribution in [2.75, 3.05) is 13.1 Å². The lowest BCUT2D eigenvalue weighted by Crippen LogP contribution is -2.42. The average molecular weight is 335 g/mol. The van der Waals surface area contributed by atoms with Gasteiger partial charge in [0.25, 0.3) is 5.91 Å². The van der Waals surface area contributed by atoms with Gasteiger partial charge in [-0.3, -0.25) is 14.0 Å². The number of fused-ring (bicyclic) bond motifs is 1. The average Bonchev–Trinajstić information content (AvgIpc) is 2.91. The number of piperidine rings is 1. The Labute approximate surface area is 139 Å². The smallest absolute Gasteiger partial charge is 0.272 e. The van der Waals surface area contributed by atoms with Gasteiger partial charge in [-0.15, -0.1) is 0 Å². The highest BCUT2D eigenvalue weighted by Crippen LogP contribution is 2.22. The minimum absolute atomic E-state index is 0.0559. The predicted octanol–water partition coefficient (Wildman–Crippen LogP) is 1.89. The molecule has 2 N–H and O–H groups in total. The van der Waals surface area contributed by atoms with E-state index in [2.05, 4.69) is 4.98 Å². The van der Waals surface area contributed by atoms with E-state index in [0.717, 1.165) is 5.69 Å². The molecule has 6 nitrogen and oxygen atoms in total. The maximum absolute atomic E-state index is 12.9. The minimum Gasteiger partial charge on any atom is -0.369 e. The molecule has 0 saturated carbocycles. The first-order chi connectivity index (χ1) is 11.0. The fourth-order valence-electron chi connectivity index (χ4n) is 3.06. The van der Waals surface area contributed by atoms with Crippen molar-refractivity contribution in [3.63, 3.8) is 0 Å². The van der Waals surface area contributed by atoms with Crippen molar-refractivity contribution >= 4 is 29.1 Å². The van der Waals surface area contributed by atoms with Crippen LogP contribution in [0.25, 0.3) is 5.65 Å². The monoisotopic (exact) mass is 334 g/mol. The van der Waals surface area contributed by atoms with Gasteiger partial charge in [0.1, 0.15) is 11.3 Å². The Kier molecular flexibility index (Phi) is 4.26. The zero-order chi connectivity index (χ0) is 16.6. The molecule has 3 heterocycles. The molecule has 1 aliphatic rings. The molecule has 0 aromatic carbocycles. The number of carbonyl (C=O) groups excluding carboxylic acids is 2. The topological polar surface area (TPSA) is 80.7 Å². The summed E-state index contributed by atoms with van der Waals surface area (Å²) in [5.41, 5.74) is 7.36. The number of hydrogen-bond donors (Lipinski definition) is 1. The van der Waals surface area contributed by atoms with E-state index in [1.165, 1.54) is 0 Å². The first-order valence-corrected chi connectivity index (χ1v) is 8.14. The second-order valence-electron chi connectivity index (χ2n) is 5.80. The van der Waals surface area contributed by atoms with Gasteiger partial charge < -0.3 is 10.6 Å². The molecule has 0 radical (unpaired) electrons. The molecule has 0 atom stereocenters. The number of aromatic nitrogens is 2. The van der Waals surface area contributed by atoms with E-state index in [4.69, 9.17) is 17.3 Å². The van der Waals surface area contributed by atoms with Gasteiger partial charge >= 0.3 is 0 Å². The summed E-state index contributed by atoms with van der Waals surface area (Å²) in [5, 5.41) is 0.589. The lowest BCUT2D eigenvalue weighted by atomic mass is 9.96. The van der Waals surface area contributed by atoms with Gasteiger partial charge in [-0.2, -0.15) is 0 Å². The van der Waals surface area contributed by atoms with Gasteiger partial charge in [-0.1, -0.05) is 18.5 Å². The van der Waals surface area contributed by atoms with Crippen LogP contribution in [0.1, 0.15) is 35.9 Å². The number of amides is 2. The van der Waals surface area contributed by atoms with E-state index in [9.17, 15) is 9.59 Å². The third-order valence-corrected chi connectivity index (χ3v) is 4.62. The largest absolute Gasteiger partial charge is 0.369 e. The van der Waals surface area contributed by atoms with Crippen molar-refractivity contribution in [1.29, 1.82) is 0 Å². The van der Waals surface area contributed by atoms with E-state index >= 15 is 0 Å². The number of pyridine rings is 1. The van der Waals surface area contributed by atoms with Crippen LogP contribution in [-0.4, -0.2) is 39.2 Å². The molecule has 1 saturated heterocycles. The SMILES string of the molecule is CCc1nc2cc(Cl)ccn2c1C(=O)N1CCC(C(N)=O)CC1. The van der Waals surface area contributed by atoms with Crippen LogP contribution in [0.15, 0.2) is 18.3 Å². The number of rotatable bonds is 3. The summed E-state index contributed by atoms with van der Waals surface area (Å²) in [6, 6.07) is 3.49. The fourth-order valence-corrected chi connectivity index (χ4v) is 3.21. The van der Waals surface area contributed by atoms with Crippen LogP contribution >= 0.6 is 11.6 Å². The molecule has 1 fully saturated rings. The van der Waals surface area contributed by atoms with Crippen LogP contribution in [0.3, 0.4) is 0 Å². The Balaban J connectivity index is 1.90. The maximum Gasteiger partial charge on any atom is 0.272 e. The molecular weight excluding hydrogens is 316 g/mol. The van der Waals surface area contributed by atoms with Crippen molar-refractivity contribution in [2.24, 2.45) is 11.7 Å². The zero-order valence-corrected chi connectivity index (χ0v) is 13.7. The number of hydrogen-bond acceptors (Lipinski definition) is 3. The van der Waals surface area contributed by atoms with Crippen LogP contribution in [0.5, 0.6) is 0 Å². The Morgan fingerprint density at radius 2 is 2.09 bits per heavy atom. The van der Waals surface area contributed by atoms with E-state index in [1.54, 1.807) is 27.6 Å². The Morgan fingerprint density at radius 3 is 2.70 bits per heavy atom. The second-order valence-corrected chi connectivity index (χ2v) is 6.24. The molecule has 2 amide bonds. The summed E-state index contributed by atoms with van der Waals surface area (Å²) in [7, 11) is 0. The Hall–Kier alpha value is -2.08. The third kappa shape index (κ3) is 2.91. The highest BCUT2D eigenvalue weighted by molar-refractivity contribution is 6.30. The summed E-state index contributed by atoms with van der Waals surface area (Å²) in [6.07, 6.45) is 3.67. The molecular formula is C16H19ClN4O2. The first kappa shape index (κ1) is 15.8. The van der Waals surface area contributed by atoms with E-state index in [-0.39, 0.29) is 17.7 Å². The molecule has 7 heteroatoms. The van der Waals surface area contributed by atoms with Gasteiger partial charge in [0.05, 0.1) is 5.69 Å². The molecule has 2 aromatic heterocycles. The quantitative estimate of drug-likeness (QED) is 0.930. The van der Waals surface area contributed by atoms with E-state index in [0.29, 0.717) is 48.7 Å². The number of carbonyl (C=O) groups is 2. The van der Waals surface area contributed by atoms with E-state index < -0.39 is 0 Å². The summed E-state index contributed by atoms with van der Waals surface area (Å²) in [4.78, 5) is 30.5. The van der Waals surface area contributed by atoms with Crippen LogP contribution in [0.4, 0.5) is 0 Å². The van der Waals surface area contributed by atoms with Crippen molar-refractivity contribution in [3.8, 4) is 0 Å². The van der Waals surface area contributed by atoms with Crippen LogP contribution in [0, 0.1) is 5.92 Å². The number of primary amides is 1.